The summed E-state index contributed by atoms with van der Waals surface area (Å²) in [6, 6.07) is 26.6. The van der Waals surface area contributed by atoms with Crippen LogP contribution in [0.5, 0.6) is 0 Å². The number of amides is 5. The van der Waals surface area contributed by atoms with Gasteiger partial charge in [0.1, 0.15) is 0 Å². The zero-order chi connectivity index (χ0) is 34.2. The van der Waals surface area contributed by atoms with E-state index < -0.39 is 11.8 Å². The maximum Gasteiger partial charge on any atom is 0.253 e. The Kier molecular flexibility index (Phi) is 8.96. The van der Waals surface area contributed by atoms with Gasteiger partial charge in [0.2, 0.25) is 17.7 Å². The predicted molar refractivity (Wildman–Crippen MR) is 183 cm³/mol. The third-order valence-corrected chi connectivity index (χ3v) is 10.6. The summed E-state index contributed by atoms with van der Waals surface area (Å²) in [5, 5.41) is 9.26. The SMILES string of the molecule is CC(=O)NC1CN(C(=O)c2ccc(C(=O)N3C[C@@H](C(=O)NC4C[C@@H]4c4ccccc4)[C@H](C(=O)N[C@H]4C[C@@H]4c4ccccc4)C3)cc2)CC1C. The molecule has 3 N–H and O–H groups in total. The molecule has 2 heterocycles. The highest BCUT2D eigenvalue weighted by atomic mass is 16.2. The van der Waals surface area contributed by atoms with E-state index in [1.807, 2.05) is 43.3 Å². The van der Waals surface area contributed by atoms with Crippen LogP contribution in [-0.2, 0) is 14.4 Å². The summed E-state index contributed by atoms with van der Waals surface area (Å²) in [6.07, 6.45) is 1.69. The van der Waals surface area contributed by atoms with Crippen molar-refractivity contribution in [3.05, 3.63) is 107 Å². The van der Waals surface area contributed by atoms with E-state index in [4.69, 9.17) is 0 Å². The van der Waals surface area contributed by atoms with Crippen molar-refractivity contribution < 1.29 is 24.0 Å². The highest BCUT2D eigenvalue weighted by Crippen LogP contribution is 2.42. The predicted octanol–water partition coefficient (Wildman–Crippen LogP) is 3.32. The fraction of sp³-hybridized carbons (Fsp3) is 0.410. The molecule has 7 rings (SSSR count). The van der Waals surface area contributed by atoms with Crippen LogP contribution in [0.15, 0.2) is 84.9 Å². The van der Waals surface area contributed by atoms with Crippen molar-refractivity contribution in [2.75, 3.05) is 26.2 Å². The Morgan fingerprint density at radius 3 is 1.41 bits per heavy atom. The lowest BCUT2D eigenvalue weighted by atomic mass is 9.94. The third-order valence-electron chi connectivity index (χ3n) is 10.6. The van der Waals surface area contributed by atoms with Gasteiger partial charge in [-0.1, -0.05) is 67.6 Å². The quantitative estimate of drug-likeness (QED) is 0.324. The number of nitrogens with one attached hydrogen (secondary N) is 3. The zero-order valence-electron chi connectivity index (χ0n) is 27.9. The van der Waals surface area contributed by atoms with Gasteiger partial charge < -0.3 is 25.8 Å². The van der Waals surface area contributed by atoms with Crippen molar-refractivity contribution >= 4 is 29.5 Å². The molecule has 10 heteroatoms. The molecular weight excluding hydrogens is 618 g/mol. The molecule has 4 fully saturated rings. The second-order valence-corrected chi connectivity index (χ2v) is 14.2. The Morgan fingerprint density at radius 1 is 0.551 bits per heavy atom. The van der Waals surface area contributed by atoms with E-state index in [0.717, 1.165) is 12.8 Å². The topological polar surface area (TPSA) is 128 Å². The van der Waals surface area contributed by atoms with Crippen LogP contribution in [0.25, 0.3) is 0 Å². The average molecular weight is 662 g/mol. The molecule has 49 heavy (non-hydrogen) atoms. The van der Waals surface area contributed by atoms with E-state index >= 15 is 0 Å². The number of likely N-dealkylation sites (tertiary alicyclic amines) is 2. The van der Waals surface area contributed by atoms with Gasteiger partial charge in [0.25, 0.3) is 11.8 Å². The normalized spacial score (nSPS) is 28.4. The summed E-state index contributed by atoms with van der Waals surface area (Å²) >= 11 is 0. The van der Waals surface area contributed by atoms with Crippen LogP contribution < -0.4 is 16.0 Å². The number of benzene rings is 3. The summed E-state index contributed by atoms with van der Waals surface area (Å²) < 4.78 is 0. The Morgan fingerprint density at radius 2 is 0.980 bits per heavy atom. The molecule has 254 valence electrons. The smallest absolute Gasteiger partial charge is 0.253 e. The Balaban J connectivity index is 1.02. The molecule has 2 aliphatic carbocycles. The molecule has 0 radical (unpaired) electrons. The number of nitrogens with zero attached hydrogens (tertiary/aromatic N) is 2. The molecule has 3 aromatic rings. The van der Waals surface area contributed by atoms with Crippen LogP contribution in [0.1, 0.15) is 70.4 Å². The largest absolute Gasteiger partial charge is 0.352 e. The first-order chi connectivity index (χ1) is 23.7. The van der Waals surface area contributed by atoms with Crippen molar-refractivity contribution in [1.29, 1.82) is 0 Å². The van der Waals surface area contributed by atoms with Gasteiger partial charge in [-0.2, -0.15) is 0 Å². The molecule has 0 bridgehead atoms. The lowest BCUT2D eigenvalue weighted by Gasteiger charge is -2.18. The number of rotatable bonds is 9. The average Bonchev–Trinajstić information content (AvgIpc) is 3.98. The van der Waals surface area contributed by atoms with Crippen LogP contribution in [0.4, 0.5) is 0 Å². The molecule has 2 saturated carbocycles. The van der Waals surface area contributed by atoms with Crippen molar-refractivity contribution in [3.63, 3.8) is 0 Å². The Bertz CT molecular complexity index is 1660. The molecular formula is C39H43N5O5. The van der Waals surface area contributed by atoms with E-state index in [1.165, 1.54) is 18.1 Å². The van der Waals surface area contributed by atoms with E-state index in [2.05, 4.69) is 40.2 Å². The second kappa shape index (κ2) is 13.5. The summed E-state index contributed by atoms with van der Waals surface area (Å²) in [6.45, 7) is 4.71. The van der Waals surface area contributed by atoms with Gasteiger partial charge in [-0.25, -0.2) is 0 Å². The van der Waals surface area contributed by atoms with E-state index in [9.17, 15) is 24.0 Å². The molecule has 0 spiro atoms. The first kappa shape index (κ1) is 32.6. The van der Waals surface area contributed by atoms with Gasteiger partial charge >= 0.3 is 0 Å². The van der Waals surface area contributed by atoms with E-state index in [1.54, 1.807) is 34.1 Å². The maximum absolute atomic E-state index is 13.8. The van der Waals surface area contributed by atoms with Gasteiger partial charge in [-0.05, 0) is 54.2 Å². The second-order valence-electron chi connectivity index (χ2n) is 14.2. The minimum Gasteiger partial charge on any atom is -0.352 e. The van der Waals surface area contributed by atoms with Crippen molar-refractivity contribution in [1.82, 2.24) is 25.8 Å². The maximum atomic E-state index is 13.8. The number of carbonyl (C=O) groups excluding carboxylic acids is 5. The fourth-order valence-corrected chi connectivity index (χ4v) is 7.63. The Hall–Kier alpha value is -4.99. The summed E-state index contributed by atoms with van der Waals surface area (Å²) in [5.74, 6) is -1.69. The molecule has 0 aromatic heterocycles. The van der Waals surface area contributed by atoms with E-state index in [0.29, 0.717) is 24.2 Å². The van der Waals surface area contributed by atoms with Gasteiger partial charge in [-0.3, -0.25) is 24.0 Å². The highest BCUT2D eigenvalue weighted by molar-refractivity contribution is 5.99. The standard InChI is InChI=1S/C39H43N5O5/c1-23-19-43(22-35(23)40-24(2)45)38(48)27-13-15-28(16-14-27)39(49)44-20-31(36(46)41-33-17-29(33)25-9-5-3-6-10-25)32(21-44)37(47)42-34-18-30(34)26-11-7-4-8-12-26/h3-16,23,29-35H,17-22H2,1-2H3,(H,40,45)(H,41,46)(H,42,47)/t23?,29-,30-,31-,32-,33+,34?,35?/m1/s1. The summed E-state index contributed by atoms with van der Waals surface area (Å²) in [4.78, 5) is 69.4. The van der Waals surface area contributed by atoms with Crippen LogP contribution >= 0.6 is 0 Å². The number of hydrogen-bond acceptors (Lipinski definition) is 5. The van der Waals surface area contributed by atoms with Gasteiger partial charge in [0.05, 0.1) is 17.9 Å². The van der Waals surface area contributed by atoms with E-state index in [-0.39, 0.29) is 78.5 Å². The molecule has 5 amide bonds. The molecule has 8 atom stereocenters. The third kappa shape index (κ3) is 7.09. The number of hydrogen-bond donors (Lipinski definition) is 3. The first-order valence-corrected chi connectivity index (χ1v) is 17.3. The monoisotopic (exact) mass is 661 g/mol. The fourth-order valence-electron chi connectivity index (χ4n) is 7.63. The molecule has 3 aromatic carbocycles. The van der Waals surface area contributed by atoms with Gasteiger partial charge in [0, 0.05) is 68.1 Å². The summed E-state index contributed by atoms with van der Waals surface area (Å²) in [5.41, 5.74) is 3.21. The van der Waals surface area contributed by atoms with Crippen LogP contribution in [0.3, 0.4) is 0 Å². The van der Waals surface area contributed by atoms with Crippen molar-refractivity contribution in [2.45, 2.75) is 56.7 Å². The van der Waals surface area contributed by atoms with Gasteiger partial charge in [-0.15, -0.1) is 0 Å². The molecule has 2 saturated heterocycles. The van der Waals surface area contributed by atoms with Crippen LogP contribution in [-0.4, -0.2) is 83.6 Å². The van der Waals surface area contributed by atoms with Gasteiger partial charge in [0.15, 0.2) is 0 Å². The summed E-state index contributed by atoms with van der Waals surface area (Å²) in [7, 11) is 0. The molecule has 10 nitrogen and oxygen atoms in total. The first-order valence-electron chi connectivity index (χ1n) is 17.3. The Labute approximate surface area is 286 Å². The van der Waals surface area contributed by atoms with Crippen LogP contribution in [0, 0.1) is 17.8 Å². The zero-order valence-corrected chi connectivity index (χ0v) is 27.9. The molecule has 4 aliphatic rings. The highest BCUT2D eigenvalue weighted by Gasteiger charge is 2.49. The van der Waals surface area contributed by atoms with Crippen molar-refractivity contribution in [3.8, 4) is 0 Å². The lowest BCUT2D eigenvalue weighted by molar-refractivity contribution is -0.133. The van der Waals surface area contributed by atoms with Crippen molar-refractivity contribution in [2.24, 2.45) is 17.8 Å². The molecule has 2 aliphatic heterocycles. The minimum atomic E-state index is -0.676. The number of carbonyl (C=O) groups is 5. The van der Waals surface area contributed by atoms with Crippen LogP contribution in [0.2, 0.25) is 0 Å². The lowest BCUT2D eigenvalue weighted by Crippen LogP contribution is -2.43. The molecule has 3 unspecified atom stereocenters. The minimum absolute atomic E-state index is 0.00598.